The molecule has 1 unspecified atom stereocenters. The molecule has 0 bridgehead atoms. The second-order valence-corrected chi connectivity index (χ2v) is 7.72. The molecule has 1 aromatic carbocycles. The zero-order valence-corrected chi connectivity index (χ0v) is 16.7. The van der Waals surface area contributed by atoms with Crippen molar-refractivity contribution in [2.24, 2.45) is 5.73 Å². The van der Waals surface area contributed by atoms with Crippen LogP contribution in [0.15, 0.2) is 30.3 Å². The van der Waals surface area contributed by atoms with E-state index >= 15 is 0 Å². The van der Waals surface area contributed by atoms with E-state index in [1.165, 1.54) is 49.4 Å². The lowest BCUT2D eigenvalue weighted by Gasteiger charge is -2.28. The highest BCUT2D eigenvalue weighted by molar-refractivity contribution is 5.98. The number of hydrogen-bond acceptors (Lipinski definition) is 2. The van der Waals surface area contributed by atoms with E-state index in [-0.39, 0.29) is 5.91 Å². The molecule has 1 aliphatic carbocycles. The zero-order chi connectivity index (χ0) is 20.4. The van der Waals surface area contributed by atoms with Gasteiger partial charge in [0.05, 0.1) is 5.56 Å². The van der Waals surface area contributed by atoms with Crippen LogP contribution in [0.5, 0.6) is 0 Å². The van der Waals surface area contributed by atoms with Gasteiger partial charge in [0, 0.05) is 24.5 Å². The third-order valence-electron chi connectivity index (χ3n) is 5.80. The number of halogens is 1. The monoisotopic (exact) mass is 385 g/mol. The van der Waals surface area contributed by atoms with Crippen LogP contribution in [0.2, 0.25) is 0 Å². The summed E-state index contributed by atoms with van der Waals surface area (Å²) in [5.74, 6) is -1.45. The van der Waals surface area contributed by atoms with E-state index in [1.807, 2.05) is 19.9 Å². The van der Waals surface area contributed by atoms with Crippen molar-refractivity contribution in [3.63, 3.8) is 0 Å². The number of aryl methyl sites for hydroxylation is 1. The molecular formula is C22H28FN3O2. The first-order chi connectivity index (χ1) is 13.3. The summed E-state index contributed by atoms with van der Waals surface area (Å²) in [7, 11) is 1.54. The van der Waals surface area contributed by atoms with E-state index in [9.17, 15) is 14.0 Å². The van der Waals surface area contributed by atoms with Gasteiger partial charge in [-0.2, -0.15) is 0 Å². The number of carbonyl (C=O) groups excluding carboxylic acids is 2. The van der Waals surface area contributed by atoms with Gasteiger partial charge in [-0.25, -0.2) is 4.39 Å². The van der Waals surface area contributed by atoms with Crippen molar-refractivity contribution in [3.8, 4) is 0 Å². The summed E-state index contributed by atoms with van der Waals surface area (Å²) in [6, 6.07) is 6.91. The maximum Gasteiger partial charge on any atom is 0.256 e. The highest BCUT2D eigenvalue weighted by Crippen LogP contribution is 2.33. The minimum atomic E-state index is -1.03. The number of hydrogen-bond donors (Lipinski definition) is 1. The van der Waals surface area contributed by atoms with Gasteiger partial charge in [-0.1, -0.05) is 31.4 Å². The molecule has 5 nitrogen and oxygen atoms in total. The summed E-state index contributed by atoms with van der Waals surface area (Å²) in [4.78, 5) is 26.6. The predicted octanol–water partition coefficient (Wildman–Crippen LogP) is 4.05. The molecule has 28 heavy (non-hydrogen) atoms. The highest BCUT2D eigenvalue weighted by Gasteiger charge is 2.30. The molecule has 150 valence electrons. The molecule has 6 heteroatoms. The Morgan fingerprint density at radius 3 is 2.46 bits per heavy atom. The number of nitrogens with two attached hydrogens (primary N) is 1. The maximum atomic E-state index is 13.6. The molecule has 1 aromatic heterocycles. The summed E-state index contributed by atoms with van der Waals surface area (Å²) >= 11 is 0. The van der Waals surface area contributed by atoms with E-state index in [1.54, 1.807) is 6.07 Å². The summed E-state index contributed by atoms with van der Waals surface area (Å²) < 4.78 is 15.9. The highest BCUT2D eigenvalue weighted by atomic mass is 19.1. The van der Waals surface area contributed by atoms with E-state index in [2.05, 4.69) is 4.57 Å². The predicted molar refractivity (Wildman–Crippen MR) is 106 cm³/mol. The quantitative estimate of drug-likeness (QED) is 0.844. The molecule has 1 atom stereocenters. The molecule has 1 aliphatic rings. The summed E-state index contributed by atoms with van der Waals surface area (Å²) in [6.45, 7) is 3.96. The Hall–Kier alpha value is -2.63. The van der Waals surface area contributed by atoms with Crippen molar-refractivity contribution < 1.29 is 14.0 Å². The van der Waals surface area contributed by atoms with Crippen LogP contribution in [-0.2, 0) is 4.79 Å². The molecule has 0 saturated heterocycles. The molecule has 2 amide bonds. The van der Waals surface area contributed by atoms with Gasteiger partial charge in [0.2, 0.25) is 5.91 Å². The lowest BCUT2D eigenvalue weighted by molar-refractivity contribution is -0.122. The fourth-order valence-electron chi connectivity index (χ4n) is 4.46. The maximum absolute atomic E-state index is 13.6. The average Bonchev–Trinajstić information content (AvgIpc) is 2.96. The van der Waals surface area contributed by atoms with Crippen molar-refractivity contribution in [1.82, 2.24) is 9.47 Å². The Bertz CT molecular complexity index is 884. The number of likely N-dealkylation sites (N-methyl/N-ethyl adjacent to an activating group) is 1. The summed E-state index contributed by atoms with van der Waals surface area (Å²) in [5.41, 5.74) is 8.44. The Kier molecular flexibility index (Phi) is 5.87. The molecule has 2 N–H and O–H groups in total. The van der Waals surface area contributed by atoms with Gasteiger partial charge >= 0.3 is 0 Å². The first-order valence-electron chi connectivity index (χ1n) is 9.81. The number of benzene rings is 1. The van der Waals surface area contributed by atoms with Crippen LogP contribution in [0.4, 0.5) is 4.39 Å². The first kappa shape index (κ1) is 20.1. The van der Waals surface area contributed by atoms with Gasteiger partial charge in [0.25, 0.3) is 5.91 Å². The molecule has 0 aliphatic heterocycles. The van der Waals surface area contributed by atoms with Gasteiger partial charge in [-0.15, -0.1) is 0 Å². The van der Waals surface area contributed by atoms with Crippen LogP contribution in [0, 0.1) is 19.7 Å². The third-order valence-corrected chi connectivity index (χ3v) is 5.80. The zero-order valence-electron chi connectivity index (χ0n) is 16.7. The Balaban J connectivity index is 1.93. The van der Waals surface area contributed by atoms with Crippen molar-refractivity contribution >= 4 is 11.8 Å². The molecule has 0 spiro atoms. The molecule has 0 radical (unpaired) electrons. The topological polar surface area (TPSA) is 68.3 Å². The van der Waals surface area contributed by atoms with Crippen LogP contribution < -0.4 is 5.73 Å². The lowest BCUT2D eigenvalue weighted by Crippen LogP contribution is -2.39. The molecule has 3 rings (SSSR count). The van der Waals surface area contributed by atoms with E-state index in [0.717, 1.165) is 24.2 Å². The molecule has 1 fully saturated rings. The van der Waals surface area contributed by atoms with Crippen molar-refractivity contribution in [3.05, 3.63) is 58.7 Å². The molecule has 1 heterocycles. The smallest absolute Gasteiger partial charge is 0.256 e. The number of primary amides is 1. The number of amides is 2. The number of rotatable bonds is 5. The summed E-state index contributed by atoms with van der Waals surface area (Å²) in [5, 5.41) is 0. The van der Waals surface area contributed by atoms with Gasteiger partial charge < -0.3 is 15.2 Å². The van der Waals surface area contributed by atoms with Crippen molar-refractivity contribution in [1.29, 1.82) is 0 Å². The lowest BCUT2D eigenvalue weighted by atomic mass is 9.95. The summed E-state index contributed by atoms with van der Waals surface area (Å²) in [6.07, 6.45) is 5.90. The van der Waals surface area contributed by atoms with Gasteiger partial charge in [-0.05, 0) is 50.5 Å². The van der Waals surface area contributed by atoms with Crippen LogP contribution in [0.3, 0.4) is 0 Å². The van der Waals surface area contributed by atoms with Gasteiger partial charge in [0.1, 0.15) is 11.9 Å². The van der Waals surface area contributed by atoms with E-state index in [4.69, 9.17) is 5.73 Å². The number of nitrogens with zero attached hydrogens (tertiary/aromatic N) is 2. The van der Waals surface area contributed by atoms with Crippen molar-refractivity contribution in [2.75, 3.05) is 7.05 Å². The molecule has 2 aromatic rings. The van der Waals surface area contributed by atoms with Crippen molar-refractivity contribution in [2.45, 2.75) is 58.0 Å². The second kappa shape index (κ2) is 8.17. The normalized spacial score (nSPS) is 16.0. The third kappa shape index (κ3) is 3.81. The standard InChI is InChI=1S/C22H28FN3O2/c1-14-12-19(15(2)26(14)18-10-5-4-6-11-18)22(28)25(3)20(21(24)27)16-8-7-9-17(23)13-16/h7-9,12-13,18,20H,4-6,10-11H2,1-3H3,(H2,24,27). The fourth-order valence-corrected chi connectivity index (χ4v) is 4.46. The van der Waals surface area contributed by atoms with E-state index < -0.39 is 17.8 Å². The fraction of sp³-hybridized carbons (Fsp3) is 0.455. The second-order valence-electron chi connectivity index (χ2n) is 7.72. The minimum absolute atomic E-state index is 0.289. The van der Waals surface area contributed by atoms with Crippen LogP contribution in [0.1, 0.15) is 71.5 Å². The largest absolute Gasteiger partial charge is 0.368 e. The molecular weight excluding hydrogens is 357 g/mol. The molecule has 1 saturated carbocycles. The van der Waals surface area contributed by atoms with Crippen LogP contribution in [0.25, 0.3) is 0 Å². The van der Waals surface area contributed by atoms with E-state index in [0.29, 0.717) is 17.2 Å². The first-order valence-corrected chi connectivity index (χ1v) is 9.81. The van der Waals surface area contributed by atoms with Crippen LogP contribution in [-0.4, -0.2) is 28.3 Å². The number of carbonyl (C=O) groups is 2. The minimum Gasteiger partial charge on any atom is -0.368 e. The Morgan fingerprint density at radius 2 is 1.86 bits per heavy atom. The van der Waals surface area contributed by atoms with Gasteiger partial charge in [-0.3, -0.25) is 9.59 Å². The Labute approximate surface area is 165 Å². The number of aromatic nitrogens is 1. The Morgan fingerprint density at radius 1 is 1.18 bits per heavy atom. The van der Waals surface area contributed by atoms with Crippen LogP contribution >= 0.6 is 0 Å². The SMILES string of the molecule is Cc1cc(C(=O)N(C)C(C(N)=O)c2cccc(F)c2)c(C)n1C1CCCCC1. The van der Waals surface area contributed by atoms with Gasteiger partial charge in [0.15, 0.2) is 0 Å². The average molecular weight is 385 g/mol.